The molecular formula is C12H12NaO. The van der Waals surface area contributed by atoms with E-state index in [0.717, 1.165) is 22.8 Å². The predicted octanol–water partition coefficient (Wildman–Crippen LogP) is 2.73. The van der Waals surface area contributed by atoms with Crippen LogP contribution in [0.5, 0.6) is 5.75 Å². The molecule has 1 radical (unpaired) electrons. The minimum Gasteiger partial charge on any atom is -0.507 e. The van der Waals surface area contributed by atoms with Crippen LogP contribution < -0.4 is 0 Å². The number of phenolic OH excluding ortho intramolecular Hbond substituents is 1. The van der Waals surface area contributed by atoms with E-state index in [0.29, 0.717) is 5.75 Å². The van der Waals surface area contributed by atoms with E-state index in [9.17, 15) is 5.11 Å². The van der Waals surface area contributed by atoms with Crippen LogP contribution in [0.4, 0.5) is 0 Å². The maximum Gasteiger partial charge on any atom is 0.126 e. The molecule has 0 heterocycles. The van der Waals surface area contributed by atoms with E-state index in [-0.39, 0.29) is 29.6 Å². The van der Waals surface area contributed by atoms with Gasteiger partial charge in [-0.2, -0.15) is 0 Å². The molecule has 2 aromatic rings. The Balaban J connectivity index is 0.000000980. The second-order valence-corrected chi connectivity index (χ2v) is 3.15. The summed E-state index contributed by atoms with van der Waals surface area (Å²) in [5.41, 5.74) is 1.01. The second-order valence-electron chi connectivity index (χ2n) is 3.15. The molecule has 2 rings (SSSR count). The average Bonchev–Trinajstić information content (AvgIpc) is 2.19. The van der Waals surface area contributed by atoms with Crippen LogP contribution in [0.25, 0.3) is 10.8 Å². The van der Waals surface area contributed by atoms with Gasteiger partial charge in [-0.15, -0.1) is 0 Å². The molecular weight excluding hydrogens is 183 g/mol. The van der Waals surface area contributed by atoms with E-state index < -0.39 is 0 Å². The summed E-state index contributed by atoms with van der Waals surface area (Å²) < 4.78 is 0. The molecule has 1 N–H and O–H groups in total. The van der Waals surface area contributed by atoms with Gasteiger partial charge in [0.2, 0.25) is 0 Å². The average molecular weight is 195 g/mol. The van der Waals surface area contributed by atoms with Crippen molar-refractivity contribution in [2.24, 2.45) is 0 Å². The number of hydrogen-bond acceptors (Lipinski definition) is 1. The first-order valence-electron chi connectivity index (χ1n) is 4.52. The number of phenols is 1. The summed E-state index contributed by atoms with van der Waals surface area (Å²) in [5, 5.41) is 11.9. The molecule has 0 atom stereocenters. The van der Waals surface area contributed by atoms with Crippen molar-refractivity contribution in [2.75, 3.05) is 0 Å². The molecule has 0 bridgehead atoms. The molecule has 67 valence electrons. The van der Waals surface area contributed by atoms with Crippen LogP contribution in [-0.2, 0) is 6.42 Å². The molecule has 0 unspecified atom stereocenters. The molecule has 0 fully saturated rings. The van der Waals surface area contributed by atoms with Crippen LogP contribution in [0.1, 0.15) is 12.5 Å². The van der Waals surface area contributed by atoms with Crippen LogP contribution in [0.2, 0.25) is 0 Å². The molecule has 2 aromatic carbocycles. The molecule has 0 saturated carbocycles. The van der Waals surface area contributed by atoms with Gasteiger partial charge in [0, 0.05) is 34.9 Å². The minimum atomic E-state index is 0. The van der Waals surface area contributed by atoms with Gasteiger partial charge in [-0.25, -0.2) is 0 Å². The van der Waals surface area contributed by atoms with Crippen molar-refractivity contribution in [3.05, 3.63) is 42.0 Å². The van der Waals surface area contributed by atoms with Gasteiger partial charge in [0.05, 0.1) is 0 Å². The maximum absolute atomic E-state index is 9.85. The Morgan fingerprint density at radius 1 is 1.07 bits per heavy atom. The van der Waals surface area contributed by atoms with Crippen molar-refractivity contribution >= 4 is 40.3 Å². The number of aryl methyl sites for hydroxylation is 1. The Labute approximate surface area is 106 Å². The van der Waals surface area contributed by atoms with Crippen molar-refractivity contribution in [1.29, 1.82) is 0 Å². The fourth-order valence-corrected chi connectivity index (χ4v) is 1.59. The first-order chi connectivity index (χ1) is 6.33. The van der Waals surface area contributed by atoms with E-state index in [1.54, 1.807) is 0 Å². The van der Waals surface area contributed by atoms with Gasteiger partial charge in [0.1, 0.15) is 5.75 Å². The zero-order valence-corrected chi connectivity index (χ0v) is 10.6. The largest absolute Gasteiger partial charge is 0.507 e. The Hall–Kier alpha value is -0.500. The van der Waals surface area contributed by atoms with Crippen molar-refractivity contribution in [3.63, 3.8) is 0 Å². The van der Waals surface area contributed by atoms with Crippen molar-refractivity contribution < 1.29 is 5.11 Å². The summed E-state index contributed by atoms with van der Waals surface area (Å²) in [6.45, 7) is 2.05. The van der Waals surface area contributed by atoms with Gasteiger partial charge in [-0.05, 0) is 17.4 Å². The topological polar surface area (TPSA) is 20.2 Å². The van der Waals surface area contributed by atoms with Crippen LogP contribution in [-0.4, -0.2) is 34.7 Å². The van der Waals surface area contributed by atoms with Gasteiger partial charge in [-0.3, -0.25) is 0 Å². The molecule has 0 saturated heterocycles. The number of benzene rings is 2. The first kappa shape index (κ1) is 11.6. The zero-order chi connectivity index (χ0) is 9.26. The summed E-state index contributed by atoms with van der Waals surface area (Å²) in [6, 6.07) is 11.9. The number of fused-ring (bicyclic) bond motifs is 1. The third-order valence-corrected chi connectivity index (χ3v) is 2.37. The minimum absolute atomic E-state index is 0. The normalized spacial score (nSPS) is 9.79. The number of rotatable bonds is 1. The Morgan fingerprint density at radius 3 is 2.50 bits per heavy atom. The number of aromatic hydroxyl groups is 1. The molecule has 2 heteroatoms. The molecule has 0 aliphatic rings. The van der Waals surface area contributed by atoms with Crippen molar-refractivity contribution in [2.45, 2.75) is 13.3 Å². The quantitative estimate of drug-likeness (QED) is 0.694. The van der Waals surface area contributed by atoms with Gasteiger partial charge in [0.15, 0.2) is 0 Å². The van der Waals surface area contributed by atoms with Gasteiger partial charge in [0.25, 0.3) is 0 Å². The molecule has 0 aromatic heterocycles. The van der Waals surface area contributed by atoms with Crippen molar-refractivity contribution in [1.82, 2.24) is 0 Å². The molecule has 14 heavy (non-hydrogen) atoms. The fraction of sp³-hybridized carbons (Fsp3) is 0.167. The predicted molar refractivity (Wildman–Crippen MR) is 60.7 cm³/mol. The summed E-state index contributed by atoms with van der Waals surface area (Å²) in [4.78, 5) is 0. The van der Waals surface area contributed by atoms with Crippen LogP contribution in [0.3, 0.4) is 0 Å². The maximum atomic E-state index is 9.85. The molecule has 0 amide bonds. The molecule has 0 aliphatic carbocycles. The van der Waals surface area contributed by atoms with E-state index >= 15 is 0 Å². The van der Waals surface area contributed by atoms with Gasteiger partial charge < -0.3 is 5.11 Å². The Bertz CT molecular complexity index is 437. The van der Waals surface area contributed by atoms with E-state index in [1.165, 1.54) is 0 Å². The van der Waals surface area contributed by atoms with Crippen LogP contribution in [0, 0.1) is 0 Å². The molecule has 0 spiro atoms. The monoisotopic (exact) mass is 195 g/mol. The van der Waals surface area contributed by atoms with E-state index in [2.05, 4.69) is 0 Å². The fourth-order valence-electron chi connectivity index (χ4n) is 1.59. The zero-order valence-electron chi connectivity index (χ0n) is 8.62. The van der Waals surface area contributed by atoms with Crippen molar-refractivity contribution in [3.8, 4) is 5.75 Å². The van der Waals surface area contributed by atoms with E-state index in [4.69, 9.17) is 0 Å². The van der Waals surface area contributed by atoms with Gasteiger partial charge in [-0.1, -0.05) is 43.3 Å². The third kappa shape index (κ3) is 1.95. The van der Waals surface area contributed by atoms with Gasteiger partial charge >= 0.3 is 0 Å². The summed E-state index contributed by atoms with van der Waals surface area (Å²) >= 11 is 0. The molecule has 0 aliphatic heterocycles. The first-order valence-corrected chi connectivity index (χ1v) is 4.52. The SMILES string of the molecule is CCc1ccc2ccccc2c1O.[Na]. The standard InChI is InChI=1S/C12H12O.Na/c1-2-9-7-8-10-5-3-4-6-11(10)12(9)13;/h3-8,13H,2H2,1H3;. The Morgan fingerprint density at radius 2 is 1.79 bits per heavy atom. The summed E-state index contributed by atoms with van der Waals surface area (Å²) in [5.74, 6) is 0.431. The number of hydrogen-bond donors (Lipinski definition) is 1. The van der Waals surface area contributed by atoms with Crippen LogP contribution >= 0.6 is 0 Å². The van der Waals surface area contributed by atoms with E-state index in [1.807, 2.05) is 43.3 Å². The smallest absolute Gasteiger partial charge is 0.126 e. The summed E-state index contributed by atoms with van der Waals surface area (Å²) in [7, 11) is 0. The summed E-state index contributed by atoms with van der Waals surface area (Å²) in [6.07, 6.45) is 0.872. The Kier molecular flexibility index (Phi) is 3.99. The van der Waals surface area contributed by atoms with Crippen LogP contribution in [0.15, 0.2) is 36.4 Å². The second kappa shape index (κ2) is 4.83. The third-order valence-electron chi connectivity index (χ3n) is 2.37. The molecule has 1 nitrogen and oxygen atoms in total.